The van der Waals surface area contributed by atoms with Crippen LogP contribution in [0.4, 0.5) is 5.69 Å². The Labute approximate surface area is 140 Å². The van der Waals surface area contributed by atoms with Crippen LogP contribution in [0.3, 0.4) is 0 Å². The van der Waals surface area contributed by atoms with Crippen molar-refractivity contribution >= 4 is 40.5 Å². The van der Waals surface area contributed by atoms with Gasteiger partial charge >= 0.3 is 0 Å². The second-order valence-corrected chi connectivity index (χ2v) is 5.74. The Kier molecular flexibility index (Phi) is 6.04. The van der Waals surface area contributed by atoms with E-state index in [2.05, 4.69) is 12.2 Å². The lowest BCUT2D eigenvalue weighted by atomic mass is 10.2. The highest BCUT2D eigenvalue weighted by molar-refractivity contribution is 6.44. The molecule has 2 aromatic rings. The van der Waals surface area contributed by atoms with E-state index in [1.54, 1.807) is 12.1 Å². The van der Waals surface area contributed by atoms with Gasteiger partial charge in [0.05, 0.1) is 16.7 Å². The Bertz CT molecular complexity index is 616. The van der Waals surface area contributed by atoms with E-state index in [-0.39, 0.29) is 0 Å². The molecule has 0 amide bonds. The minimum absolute atomic E-state index is 0.482. The first-order chi connectivity index (χ1) is 10.1. The van der Waals surface area contributed by atoms with Gasteiger partial charge in [0, 0.05) is 28.9 Å². The van der Waals surface area contributed by atoms with Gasteiger partial charge in [0.1, 0.15) is 5.75 Å². The third-order valence-electron chi connectivity index (χ3n) is 2.92. The molecule has 5 heteroatoms. The number of halogens is 3. The molecule has 112 valence electrons. The molecule has 2 rings (SSSR count). The van der Waals surface area contributed by atoms with Crippen LogP contribution < -0.4 is 10.1 Å². The van der Waals surface area contributed by atoms with Gasteiger partial charge in [-0.2, -0.15) is 0 Å². The van der Waals surface area contributed by atoms with Gasteiger partial charge in [-0.1, -0.05) is 47.8 Å². The van der Waals surface area contributed by atoms with E-state index in [0.29, 0.717) is 28.2 Å². The summed E-state index contributed by atoms with van der Waals surface area (Å²) in [6.45, 7) is 3.27. The minimum Gasteiger partial charge on any atom is -0.494 e. The van der Waals surface area contributed by atoms with Crippen molar-refractivity contribution in [2.24, 2.45) is 0 Å². The molecular weight excluding hydrogens is 329 g/mol. The van der Waals surface area contributed by atoms with Gasteiger partial charge < -0.3 is 10.1 Å². The summed E-state index contributed by atoms with van der Waals surface area (Å²) in [7, 11) is 0. The Morgan fingerprint density at radius 2 is 1.81 bits per heavy atom. The molecule has 0 aliphatic carbocycles. The highest BCUT2D eigenvalue weighted by Gasteiger charge is 2.09. The molecule has 1 N–H and O–H groups in total. The molecule has 0 saturated heterocycles. The maximum Gasteiger partial charge on any atom is 0.121 e. The van der Waals surface area contributed by atoms with E-state index < -0.39 is 0 Å². The van der Waals surface area contributed by atoms with Crippen LogP contribution in [0.15, 0.2) is 36.4 Å². The fourth-order valence-electron chi connectivity index (χ4n) is 1.84. The quantitative estimate of drug-likeness (QED) is 0.644. The minimum atomic E-state index is 0.482. The van der Waals surface area contributed by atoms with Crippen LogP contribution >= 0.6 is 34.8 Å². The van der Waals surface area contributed by atoms with Crippen molar-refractivity contribution in [3.05, 3.63) is 57.0 Å². The molecule has 0 heterocycles. The van der Waals surface area contributed by atoms with E-state index in [1.165, 1.54) is 0 Å². The summed E-state index contributed by atoms with van der Waals surface area (Å²) in [5.74, 6) is 0.838. The van der Waals surface area contributed by atoms with Crippen molar-refractivity contribution in [3.63, 3.8) is 0 Å². The molecule has 0 bridgehead atoms. The molecule has 2 nitrogen and oxygen atoms in total. The molecule has 0 aliphatic rings. The van der Waals surface area contributed by atoms with Crippen LogP contribution in [0.1, 0.15) is 18.9 Å². The lowest BCUT2D eigenvalue weighted by Gasteiger charge is -2.12. The van der Waals surface area contributed by atoms with Gasteiger partial charge in [-0.25, -0.2) is 0 Å². The summed E-state index contributed by atoms with van der Waals surface area (Å²) in [4.78, 5) is 0. The van der Waals surface area contributed by atoms with E-state index in [0.717, 1.165) is 23.4 Å². The van der Waals surface area contributed by atoms with Crippen molar-refractivity contribution < 1.29 is 4.74 Å². The maximum atomic E-state index is 6.18. The molecule has 21 heavy (non-hydrogen) atoms. The fourth-order valence-corrected chi connectivity index (χ4v) is 2.52. The molecule has 0 unspecified atom stereocenters. The highest BCUT2D eigenvalue weighted by atomic mass is 35.5. The number of benzene rings is 2. The van der Waals surface area contributed by atoms with Crippen LogP contribution in [0, 0.1) is 0 Å². The number of hydrogen-bond acceptors (Lipinski definition) is 2. The molecule has 0 aliphatic heterocycles. The first-order valence-electron chi connectivity index (χ1n) is 6.71. The van der Waals surface area contributed by atoms with E-state index >= 15 is 0 Å². The van der Waals surface area contributed by atoms with E-state index in [4.69, 9.17) is 39.5 Å². The van der Waals surface area contributed by atoms with E-state index in [9.17, 15) is 0 Å². The van der Waals surface area contributed by atoms with E-state index in [1.807, 2.05) is 24.3 Å². The first-order valence-corrected chi connectivity index (χ1v) is 7.84. The van der Waals surface area contributed by atoms with Gasteiger partial charge in [-0.05, 0) is 30.7 Å². The van der Waals surface area contributed by atoms with Crippen LogP contribution in [0.2, 0.25) is 15.1 Å². The zero-order chi connectivity index (χ0) is 15.2. The molecule has 0 fully saturated rings. The molecule has 0 atom stereocenters. The summed E-state index contributed by atoms with van der Waals surface area (Å²) < 4.78 is 5.60. The number of hydrogen-bond donors (Lipinski definition) is 1. The normalized spacial score (nSPS) is 10.5. The Morgan fingerprint density at radius 3 is 2.57 bits per heavy atom. The van der Waals surface area contributed by atoms with Gasteiger partial charge in [0.25, 0.3) is 0 Å². The fraction of sp³-hybridized carbons (Fsp3) is 0.250. The van der Waals surface area contributed by atoms with Crippen molar-refractivity contribution in [2.75, 3.05) is 11.9 Å². The van der Waals surface area contributed by atoms with Crippen molar-refractivity contribution in [1.29, 1.82) is 0 Å². The summed E-state index contributed by atoms with van der Waals surface area (Å²) in [6.07, 6.45) is 0.978. The zero-order valence-corrected chi connectivity index (χ0v) is 13.9. The third kappa shape index (κ3) is 4.44. The standard InChI is InChI=1S/C16H16Cl3NO/c1-2-8-21-12-5-3-4-11(9-12)20-10-13-14(17)6-7-15(18)16(13)19/h3-7,9,20H,2,8,10H2,1H3. The number of ether oxygens (including phenoxy) is 1. The van der Waals surface area contributed by atoms with Gasteiger partial charge in [-0.3, -0.25) is 0 Å². The molecule has 0 spiro atoms. The number of nitrogens with one attached hydrogen (secondary N) is 1. The van der Waals surface area contributed by atoms with Gasteiger partial charge in [0.15, 0.2) is 0 Å². The molecule has 0 radical (unpaired) electrons. The van der Waals surface area contributed by atoms with Crippen LogP contribution in [-0.2, 0) is 6.54 Å². The zero-order valence-electron chi connectivity index (χ0n) is 11.6. The average molecular weight is 345 g/mol. The molecule has 0 aromatic heterocycles. The van der Waals surface area contributed by atoms with Crippen molar-refractivity contribution in [1.82, 2.24) is 0 Å². The number of rotatable bonds is 6. The highest BCUT2D eigenvalue weighted by Crippen LogP contribution is 2.32. The molecule has 0 saturated carbocycles. The lowest BCUT2D eigenvalue weighted by molar-refractivity contribution is 0.317. The summed E-state index contributed by atoms with van der Waals surface area (Å²) in [6, 6.07) is 11.2. The van der Waals surface area contributed by atoms with Gasteiger partial charge in [-0.15, -0.1) is 0 Å². The van der Waals surface area contributed by atoms with Gasteiger partial charge in [0.2, 0.25) is 0 Å². The first kappa shape index (κ1) is 16.3. The SMILES string of the molecule is CCCOc1cccc(NCc2c(Cl)ccc(Cl)c2Cl)c1. The maximum absolute atomic E-state index is 6.18. The monoisotopic (exact) mass is 343 g/mol. The van der Waals surface area contributed by atoms with Crippen LogP contribution in [-0.4, -0.2) is 6.61 Å². The Balaban J connectivity index is 2.08. The summed E-state index contributed by atoms with van der Waals surface area (Å²) in [5, 5.41) is 4.85. The lowest BCUT2D eigenvalue weighted by Crippen LogP contribution is -2.02. The average Bonchev–Trinajstić information content (AvgIpc) is 2.49. The smallest absolute Gasteiger partial charge is 0.121 e. The second kappa shape index (κ2) is 7.79. The largest absolute Gasteiger partial charge is 0.494 e. The second-order valence-electron chi connectivity index (χ2n) is 4.55. The van der Waals surface area contributed by atoms with Crippen LogP contribution in [0.25, 0.3) is 0 Å². The predicted molar refractivity (Wildman–Crippen MR) is 91.0 cm³/mol. The summed E-state index contributed by atoms with van der Waals surface area (Å²) in [5.41, 5.74) is 1.72. The molecular formula is C16H16Cl3NO. The van der Waals surface area contributed by atoms with Crippen LogP contribution in [0.5, 0.6) is 5.75 Å². The topological polar surface area (TPSA) is 21.3 Å². The third-order valence-corrected chi connectivity index (χ3v) is 4.11. The Hall–Kier alpha value is -1.09. The van der Waals surface area contributed by atoms with Crippen molar-refractivity contribution in [2.45, 2.75) is 19.9 Å². The summed E-state index contributed by atoms with van der Waals surface area (Å²) >= 11 is 18.4. The number of anilines is 1. The van der Waals surface area contributed by atoms with Crippen molar-refractivity contribution in [3.8, 4) is 5.75 Å². The Morgan fingerprint density at radius 1 is 1.05 bits per heavy atom. The predicted octanol–water partition coefficient (Wildman–Crippen LogP) is 6.05. The molecule has 2 aromatic carbocycles.